The molecule has 3 rings (SSSR count). The van der Waals surface area contributed by atoms with Crippen molar-refractivity contribution >= 4 is 5.91 Å². The van der Waals surface area contributed by atoms with Gasteiger partial charge in [-0.2, -0.15) is 0 Å². The highest BCUT2D eigenvalue weighted by molar-refractivity contribution is 5.91. The summed E-state index contributed by atoms with van der Waals surface area (Å²) in [6.07, 6.45) is 0. The number of nitrogens with one attached hydrogen (secondary N) is 2. The van der Waals surface area contributed by atoms with Crippen molar-refractivity contribution in [3.05, 3.63) is 11.6 Å². The van der Waals surface area contributed by atoms with Crippen molar-refractivity contribution in [3.63, 3.8) is 0 Å². The van der Waals surface area contributed by atoms with Crippen LogP contribution in [0, 0.1) is 6.92 Å². The molecule has 0 saturated carbocycles. The van der Waals surface area contributed by atoms with Crippen LogP contribution in [-0.2, 0) is 0 Å². The number of amides is 1. The molecule has 7 nitrogen and oxygen atoms in total. The van der Waals surface area contributed by atoms with Crippen molar-refractivity contribution in [1.29, 1.82) is 0 Å². The second kappa shape index (κ2) is 4.66. The lowest BCUT2D eigenvalue weighted by atomic mass is 10.1. The molecule has 2 saturated heterocycles. The minimum Gasteiger partial charge on any atom is -0.333 e. The van der Waals surface area contributed by atoms with Gasteiger partial charge in [-0.1, -0.05) is 0 Å². The number of hydrogen-bond acceptors (Lipinski definition) is 5. The Morgan fingerprint density at radius 3 is 2.67 bits per heavy atom. The molecule has 1 amide bonds. The second-order valence-corrected chi connectivity index (χ2v) is 4.89. The highest BCUT2D eigenvalue weighted by Gasteiger charge is 2.36. The molecule has 0 unspecified atom stereocenters. The molecule has 98 valence electrons. The van der Waals surface area contributed by atoms with Gasteiger partial charge >= 0.3 is 0 Å². The van der Waals surface area contributed by atoms with Gasteiger partial charge < -0.3 is 10.2 Å². The number of rotatable bonds is 2. The molecule has 2 aliphatic rings. The normalized spacial score (nSPS) is 21.9. The standard InChI is InChI=1S/C11H18N6O/c1-8-13-10(15-14-8)11(18)17-6-9(7-17)16-4-2-12-3-5-16/h9,12H,2-7H2,1H3,(H,13,14,15). The number of H-pyrrole nitrogens is 1. The maximum Gasteiger partial charge on any atom is 0.293 e. The largest absolute Gasteiger partial charge is 0.333 e. The number of carbonyl (C=O) groups excluding carboxylic acids is 1. The molecule has 2 fully saturated rings. The molecule has 7 heteroatoms. The zero-order valence-electron chi connectivity index (χ0n) is 10.5. The summed E-state index contributed by atoms with van der Waals surface area (Å²) in [4.78, 5) is 20.4. The van der Waals surface area contributed by atoms with Crippen LogP contribution < -0.4 is 5.32 Å². The maximum absolute atomic E-state index is 12.0. The van der Waals surface area contributed by atoms with E-state index in [0.29, 0.717) is 11.9 Å². The molecule has 0 radical (unpaired) electrons. The van der Waals surface area contributed by atoms with E-state index in [1.54, 1.807) is 6.92 Å². The summed E-state index contributed by atoms with van der Waals surface area (Å²) in [6.45, 7) is 7.64. The summed E-state index contributed by atoms with van der Waals surface area (Å²) in [6, 6.07) is 0.510. The van der Waals surface area contributed by atoms with Gasteiger partial charge in [0.2, 0.25) is 5.82 Å². The molecule has 0 aromatic carbocycles. The molecule has 3 heterocycles. The number of nitrogens with zero attached hydrogens (tertiary/aromatic N) is 4. The van der Waals surface area contributed by atoms with E-state index in [-0.39, 0.29) is 11.7 Å². The molecule has 1 aromatic heterocycles. The Hall–Kier alpha value is -1.47. The van der Waals surface area contributed by atoms with E-state index in [9.17, 15) is 4.79 Å². The third kappa shape index (κ3) is 2.11. The van der Waals surface area contributed by atoms with Crippen LogP contribution in [0.15, 0.2) is 0 Å². The van der Waals surface area contributed by atoms with Crippen molar-refractivity contribution in [3.8, 4) is 0 Å². The first-order valence-corrected chi connectivity index (χ1v) is 6.37. The Kier molecular flexibility index (Phi) is 3.00. The number of likely N-dealkylation sites (tertiary alicyclic amines) is 1. The second-order valence-electron chi connectivity index (χ2n) is 4.89. The van der Waals surface area contributed by atoms with Gasteiger partial charge in [0.25, 0.3) is 5.91 Å². The third-order valence-corrected chi connectivity index (χ3v) is 3.61. The predicted molar refractivity (Wildman–Crippen MR) is 65.3 cm³/mol. The summed E-state index contributed by atoms with van der Waals surface area (Å²) in [5, 5.41) is 9.94. The summed E-state index contributed by atoms with van der Waals surface area (Å²) >= 11 is 0. The molecular weight excluding hydrogens is 232 g/mol. The zero-order chi connectivity index (χ0) is 12.5. The zero-order valence-corrected chi connectivity index (χ0v) is 10.5. The maximum atomic E-state index is 12.0. The summed E-state index contributed by atoms with van der Waals surface area (Å²) in [5.74, 6) is 0.898. The van der Waals surface area contributed by atoms with Gasteiger partial charge in [-0.25, -0.2) is 4.98 Å². The summed E-state index contributed by atoms with van der Waals surface area (Å²) in [5.41, 5.74) is 0. The average Bonchev–Trinajstić information content (AvgIpc) is 2.75. The fraction of sp³-hybridized carbons (Fsp3) is 0.727. The van der Waals surface area contributed by atoms with Gasteiger partial charge in [0.1, 0.15) is 5.82 Å². The minimum atomic E-state index is -0.0641. The molecule has 0 bridgehead atoms. The molecular formula is C11H18N6O. The lowest BCUT2D eigenvalue weighted by Crippen LogP contribution is -2.64. The number of aromatic amines is 1. The van der Waals surface area contributed by atoms with Crippen LogP contribution in [0.4, 0.5) is 0 Å². The first kappa shape index (κ1) is 11.6. The van der Waals surface area contributed by atoms with Gasteiger partial charge in [-0.05, 0) is 6.92 Å². The van der Waals surface area contributed by atoms with Crippen LogP contribution in [0.1, 0.15) is 16.4 Å². The molecule has 2 aliphatic heterocycles. The summed E-state index contributed by atoms with van der Waals surface area (Å²) < 4.78 is 0. The number of hydrogen-bond donors (Lipinski definition) is 2. The SMILES string of the molecule is Cc1nc(C(=O)N2CC(N3CCNCC3)C2)n[nH]1. The minimum absolute atomic E-state index is 0.0641. The molecule has 2 N–H and O–H groups in total. The van der Waals surface area contributed by atoms with Crippen LogP contribution in [0.3, 0.4) is 0 Å². The van der Waals surface area contributed by atoms with Crippen LogP contribution in [0.5, 0.6) is 0 Å². The molecule has 0 spiro atoms. The van der Waals surface area contributed by atoms with E-state index in [1.165, 1.54) is 0 Å². The van der Waals surface area contributed by atoms with Crippen molar-refractivity contribution in [2.24, 2.45) is 0 Å². The first-order valence-electron chi connectivity index (χ1n) is 6.37. The van der Waals surface area contributed by atoms with Gasteiger partial charge in [0.05, 0.1) is 0 Å². The Morgan fingerprint density at radius 1 is 1.33 bits per heavy atom. The lowest BCUT2D eigenvalue weighted by Gasteiger charge is -2.46. The quantitative estimate of drug-likeness (QED) is 0.692. The number of aromatic nitrogens is 3. The van der Waals surface area contributed by atoms with E-state index < -0.39 is 0 Å². The van der Waals surface area contributed by atoms with E-state index in [0.717, 1.165) is 39.3 Å². The summed E-state index contributed by atoms with van der Waals surface area (Å²) in [7, 11) is 0. The highest BCUT2D eigenvalue weighted by Crippen LogP contribution is 2.17. The molecule has 1 aromatic rings. The van der Waals surface area contributed by atoms with Gasteiger partial charge in [0, 0.05) is 45.3 Å². The van der Waals surface area contributed by atoms with Crippen LogP contribution in [0.25, 0.3) is 0 Å². The van der Waals surface area contributed by atoms with Gasteiger partial charge in [0.15, 0.2) is 0 Å². The van der Waals surface area contributed by atoms with E-state index in [1.807, 2.05) is 4.90 Å². The third-order valence-electron chi connectivity index (χ3n) is 3.61. The Balaban J connectivity index is 1.53. The number of aryl methyl sites for hydroxylation is 1. The van der Waals surface area contributed by atoms with Gasteiger partial charge in [-0.3, -0.25) is 14.8 Å². The van der Waals surface area contributed by atoms with Crippen LogP contribution >= 0.6 is 0 Å². The topological polar surface area (TPSA) is 77.2 Å². The predicted octanol–water partition coefficient (Wildman–Crippen LogP) is -1.16. The van der Waals surface area contributed by atoms with Crippen molar-refractivity contribution < 1.29 is 4.79 Å². The Labute approximate surface area is 106 Å². The van der Waals surface area contributed by atoms with Crippen molar-refractivity contribution in [1.82, 2.24) is 30.3 Å². The molecule has 0 aliphatic carbocycles. The Bertz CT molecular complexity index is 432. The van der Waals surface area contributed by atoms with Gasteiger partial charge in [-0.15, -0.1) is 5.10 Å². The monoisotopic (exact) mass is 250 g/mol. The number of piperazine rings is 1. The smallest absolute Gasteiger partial charge is 0.293 e. The van der Waals surface area contributed by atoms with E-state index >= 15 is 0 Å². The molecule has 0 atom stereocenters. The first-order chi connectivity index (χ1) is 8.74. The van der Waals surface area contributed by atoms with Crippen molar-refractivity contribution in [2.75, 3.05) is 39.3 Å². The van der Waals surface area contributed by atoms with Crippen LogP contribution in [0.2, 0.25) is 0 Å². The fourth-order valence-corrected chi connectivity index (χ4v) is 2.48. The van der Waals surface area contributed by atoms with E-state index in [2.05, 4.69) is 25.4 Å². The average molecular weight is 250 g/mol. The van der Waals surface area contributed by atoms with E-state index in [4.69, 9.17) is 0 Å². The van der Waals surface area contributed by atoms with Crippen LogP contribution in [-0.4, -0.2) is 76.2 Å². The lowest BCUT2D eigenvalue weighted by molar-refractivity contribution is 0.0218. The number of carbonyl (C=O) groups is 1. The van der Waals surface area contributed by atoms with Crippen molar-refractivity contribution in [2.45, 2.75) is 13.0 Å². The fourth-order valence-electron chi connectivity index (χ4n) is 2.48. The highest BCUT2D eigenvalue weighted by atomic mass is 16.2. The molecule has 18 heavy (non-hydrogen) atoms. The Morgan fingerprint density at radius 2 is 2.06 bits per heavy atom.